The summed E-state index contributed by atoms with van der Waals surface area (Å²) in [6.45, 7) is 2.01. The molecule has 1 N–H and O–H groups in total. The molecule has 0 aromatic heterocycles. The maximum absolute atomic E-state index is 13.8. The Morgan fingerprint density at radius 1 is 1.53 bits per heavy atom. The Morgan fingerprint density at radius 3 is 2.82 bits per heavy atom. The molecule has 1 aromatic rings. The van der Waals surface area contributed by atoms with Crippen LogP contribution in [0.2, 0.25) is 0 Å². The molecule has 0 saturated carbocycles. The zero-order valence-electron chi connectivity index (χ0n) is 9.34. The SMILES string of the molecule is CC1CC(O)(Cc2c(F)ccc(Br)c2F)CS1. The van der Waals surface area contributed by atoms with Gasteiger partial charge in [-0.25, -0.2) is 8.78 Å². The minimum absolute atomic E-state index is 0.0292. The van der Waals surface area contributed by atoms with Crippen LogP contribution in [-0.4, -0.2) is 21.7 Å². The first-order chi connectivity index (χ1) is 7.91. The molecule has 5 heteroatoms. The van der Waals surface area contributed by atoms with Crippen LogP contribution < -0.4 is 0 Å². The van der Waals surface area contributed by atoms with Gasteiger partial charge in [0.05, 0.1) is 10.1 Å². The van der Waals surface area contributed by atoms with Crippen molar-refractivity contribution in [3.8, 4) is 0 Å². The summed E-state index contributed by atoms with van der Waals surface area (Å²) in [5.74, 6) is -0.675. The van der Waals surface area contributed by atoms with Crippen molar-refractivity contribution in [1.82, 2.24) is 0 Å². The Hall–Kier alpha value is -0.130. The van der Waals surface area contributed by atoms with Crippen LogP contribution in [-0.2, 0) is 6.42 Å². The summed E-state index contributed by atoms with van der Waals surface area (Å²) < 4.78 is 27.6. The summed E-state index contributed by atoms with van der Waals surface area (Å²) in [6.07, 6.45) is 0.602. The lowest BCUT2D eigenvalue weighted by atomic mass is 9.91. The molecule has 0 amide bonds. The number of hydrogen-bond donors (Lipinski definition) is 1. The average Bonchev–Trinajstić information content (AvgIpc) is 2.60. The highest BCUT2D eigenvalue weighted by molar-refractivity contribution is 9.10. The molecule has 1 aliphatic rings. The average molecular weight is 323 g/mol. The van der Waals surface area contributed by atoms with Crippen LogP contribution in [0.1, 0.15) is 18.9 Å². The highest BCUT2D eigenvalue weighted by Gasteiger charge is 2.37. The van der Waals surface area contributed by atoms with Crippen LogP contribution in [0.5, 0.6) is 0 Å². The number of benzene rings is 1. The summed E-state index contributed by atoms with van der Waals surface area (Å²) in [5.41, 5.74) is -1.02. The van der Waals surface area contributed by atoms with Crippen molar-refractivity contribution < 1.29 is 13.9 Å². The molecule has 94 valence electrons. The van der Waals surface area contributed by atoms with Crippen LogP contribution in [0, 0.1) is 11.6 Å². The topological polar surface area (TPSA) is 20.2 Å². The number of rotatable bonds is 2. The third-order valence-corrected chi connectivity index (χ3v) is 5.00. The van der Waals surface area contributed by atoms with Gasteiger partial charge in [-0.15, -0.1) is 0 Å². The van der Waals surface area contributed by atoms with E-state index < -0.39 is 17.2 Å². The van der Waals surface area contributed by atoms with E-state index in [1.165, 1.54) is 12.1 Å². The van der Waals surface area contributed by atoms with Gasteiger partial charge in [0.25, 0.3) is 0 Å². The molecule has 0 aliphatic carbocycles. The van der Waals surface area contributed by atoms with Gasteiger partial charge in [0.1, 0.15) is 11.6 Å². The lowest BCUT2D eigenvalue weighted by Crippen LogP contribution is -2.32. The Morgan fingerprint density at radius 2 is 2.24 bits per heavy atom. The van der Waals surface area contributed by atoms with E-state index in [0.29, 0.717) is 17.4 Å². The minimum Gasteiger partial charge on any atom is -0.389 e. The first-order valence-electron chi connectivity index (χ1n) is 5.38. The van der Waals surface area contributed by atoms with Gasteiger partial charge in [0, 0.05) is 23.0 Å². The summed E-state index contributed by atoms with van der Waals surface area (Å²) in [6, 6.07) is 2.56. The van der Waals surface area contributed by atoms with E-state index in [1.54, 1.807) is 11.8 Å². The predicted octanol–water partition coefficient (Wildman–Crippen LogP) is 3.53. The molecule has 2 atom stereocenters. The van der Waals surface area contributed by atoms with Crippen LogP contribution in [0.3, 0.4) is 0 Å². The van der Waals surface area contributed by atoms with Crippen molar-refractivity contribution in [1.29, 1.82) is 0 Å². The van der Waals surface area contributed by atoms with Gasteiger partial charge in [0.15, 0.2) is 0 Å². The summed E-state index contributed by atoms with van der Waals surface area (Å²) >= 11 is 4.66. The van der Waals surface area contributed by atoms with Crippen molar-refractivity contribution in [3.63, 3.8) is 0 Å². The molecule has 1 fully saturated rings. The van der Waals surface area contributed by atoms with Crippen molar-refractivity contribution in [3.05, 3.63) is 33.8 Å². The Labute approximate surface area is 112 Å². The number of aliphatic hydroxyl groups is 1. The van der Waals surface area contributed by atoms with Gasteiger partial charge in [-0.3, -0.25) is 0 Å². The number of thioether (sulfide) groups is 1. The fraction of sp³-hybridized carbons (Fsp3) is 0.500. The smallest absolute Gasteiger partial charge is 0.143 e. The zero-order valence-corrected chi connectivity index (χ0v) is 11.7. The number of halogens is 3. The van der Waals surface area contributed by atoms with Crippen molar-refractivity contribution in [2.75, 3.05) is 5.75 Å². The maximum Gasteiger partial charge on any atom is 0.143 e. The van der Waals surface area contributed by atoms with E-state index in [2.05, 4.69) is 15.9 Å². The molecule has 1 heterocycles. The van der Waals surface area contributed by atoms with E-state index in [9.17, 15) is 13.9 Å². The second-order valence-corrected chi connectivity index (χ2v) is 6.83. The normalized spacial score (nSPS) is 28.6. The lowest BCUT2D eigenvalue weighted by molar-refractivity contribution is 0.0623. The maximum atomic E-state index is 13.8. The second-order valence-electron chi connectivity index (χ2n) is 4.55. The van der Waals surface area contributed by atoms with Gasteiger partial charge in [-0.05, 0) is 34.5 Å². The van der Waals surface area contributed by atoms with Crippen LogP contribution >= 0.6 is 27.7 Å². The third kappa shape index (κ3) is 2.83. The van der Waals surface area contributed by atoms with Crippen molar-refractivity contribution in [2.45, 2.75) is 30.6 Å². The van der Waals surface area contributed by atoms with Gasteiger partial charge >= 0.3 is 0 Å². The molecule has 0 radical (unpaired) electrons. The van der Waals surface area contributed by atoms with Gasteiger partial charge in [0.2, 0.25) is 0 Å². The highest BCUT2D eigenvalue weighted by Crippen LogP contribution is 2.37. The molecule has 0 bridgehead atoms. The minimum atomic E-state index is -0.993. The molecule has 1 aromatic carbocycles. The molecular formula is C12H13BrF2OS. The quantitative estimate of drug-likeness (QED) is 0.841. The predicted molar refractivity (Wildman–Crippen MR) is 69.2 cm³/mol. The van der Waals surface area contributed by atoms with Crippen LogP contribution in [0.4, 0.5) is 8.78 Å². The van der Waals surface area contributed by atoms with Crippen molar-refractivity contribution >= 4 is 27.7 Å². The molecule has 2 unspecified atom stereocenters. The molecule has 1 saturated heterocycles. The highest BCUT2D eigenvalue weighted by atomic mass is 79.9. The van der Waals surface area contributed by atoms with Crippen molar-refractivity contribution in [2.24, 2.45) is 0 Å². The van der Waals surface area contributed by atoms with Gasteiger partial charge in [-0.2, -0.15) is 11.8 Å². The largest absolute Gasteiger partial charge is 0.389 e. The standard InChI is InChI=1S/C12H13BrF2OS/c1-7-4-12(16,6-17-7)5-8-10(14)3-2-9(13)11(8)15/h2-3,7,16H,4-6H2,1H3. The first-order valence-corrected chi connectivity index (χ1v) is 7.22. The number of hydrogen-bond acceptors (Lipinski definition) is 2. The monoisotopic (exact) mass is 322 g/mol. The molecule has 0 spiro atoms. The van der Waals surface area contributed by atoms with E-state index in [1.807, 2.05) is 6.92 Å². The Kier molecular flexibility index (Phi) is 3.80. The van der Waals surface area contributed by atoms with Crippen LogP contribution in [0.15, 0.2) is 16.6 Å². The van der Waals surface area contributed by atoms with Gasteiger partial charge in [-0.1, -0.05) is 6.92 Å². The summed E-state index contributed by atoms with van der Waals surface area (Å²) in [4.78, 5) is 0. The summed E-state index contributed by atoms with van der Waals surface area (Å²) in [7, 11) is 0. The van der Waals surface area contributed by atoms with E-state index in [4.69, 9.17) is 0 Å². The van der Waals surface area contributed by atoms with Crippen LogP contribution in [0.25, 0.3) is 0 Å². The summed E-state index contributed by atoms with van der Waals surface area (Å²) in [5, 5.41) is 10.6. The third-order valence-electron chi connectivity index (χ3n) is 2.95. The molecule has 1 nitrogen and oxygen atoms in total. The van der Waals surface area contributed by atoms with E-state index in [0.717, 1.165) is 0 Å². The van der Waals surface area contributed by atoms with Gasteiger partial charge < -0.3 is 5.11 Å². The molecule has 1 aliphatic heterocycles. The fourth-order valence-corrected chi connectivity index (χ4v) is 3.75. The Balaban J connectivity index is 2.27. The first kappa shape index (κ1) is 13.3. The second kappa shape index (κ2) is 4.86. The molecular weight excluding hydrogens is 310 g/mol. The molecule has 17 heavy (non-hydrogen) atoms. The fourth-order valence-electron chi connectivity index (χ4n) is 2.13. The Bertz CT molecular complexity index is 441. The lowest BCUT2D eigenvalue weighted by Gasteiger charge is -2.22. The molecule has 2 rings (SSSR count). The zero-order chi connectivity index (χ0) is 12.6. The van der Waals surface area contributed by atoms with E-state index >= 15 is 0 Å². The van der Waals surface area contributed by atoms with E-state index in [-0.39, 0.29) is 16.5 Å².